The molecular formula is C12H18N2O2. The van der Waals surface area contributed by atoms with Crippen LogP contribution in [-0.4, -0.2) is 23.9 Å². The van der Waals surface area contributed by atoms with Gasteiger partial charge < -0.3 is 10.5 Å². The Kier molecular flexibility index (Phi) is 4.92. The van der Waals surface area contributed by atoms with Crippen molar-refractivity contribution in [2.75, 3.05) is 7.11 Å². The summed E-state index contributed by atoms with van der Waals surface area (Å²) in [5, 5.41) is 0. The van der Waals surface area contributed by atoms with E-state index in [0.717, 1.165) is 12.8 Å². The summed E-state index contributed by atoms with van der Waals surface area (Å²) >= 11 is 0. The Balaban J connectivity index is 2.52. The molecule has 0 aliphatic rings. The largest absolute Gasteiger partial charge is 0.495 e. The molecule has 0 spiro atoms. The highest BCUT2D eigenvalue weighted by atomic mass is 16.5. The number of rotatable bonds is 6. The molecule has 88 valence electrons. The lowest BCUT2D eigenvalue weighted by Crippen LogP contribution is -2.14. The van der Waals surface area contributed by atoms with Crippen LogP contribution in [0.15, 0.2) is 18.5 Å². The second kappa shape index (κ2) is 6.23. The maximum atomic E-state index is 11.8. The SMILES string of the molecule is COc1cncc(C(=O)CCCC(C)N)c1. The number of methoxy groups -OCH3 is 1. The van der Waals surface area contributed by atoms with Crippen LogP contribution >= 0.6 is 0 Å². The number of pyridine rings is 1. The fourth-order valence-corrected chi connectivity index (χ4v) is 1.41. The molecule has 4 nitrogen and oxygen atoms in total. The fraction of sp³-hybridized carbons (Fsp3) is 0.500. The number of nitrogens with zero attached hydrogens (tertiary/aromatic N) is 1. The van der Waals surface area contributed by atoms with Gasteiger partial charge in [-0.15, -0.1) is 0 Å². The molecule has 0 bridgehead atoms. The number of aromatic nitrogens is 1. The number of ether oxygens (including phenoxy) is 1. The summed E-state index contributed by atoms with van der Waals surface area (Å²) in [6.07, 6.45) is 5.34. The van der Waals surface area contributed by atoms with Crippen LogP contribution in [0, 0.1) is 0 Å². The number of Topliss-reactive ketones (excluding diaryl/α,β-unsaturated/α-hetero) is 1. The van der Waals surface area contributed by atoms with E-state index >= 15 is 0 Å². The summed E-state index contributed by atoms with van der Waals surface area (Å²) < 4.78 is 5.01. The van der Waals surface area contributed by atoms with E-state index in [2.05, 4.69) is 4.98 Å². The quantitative estimate of drug-likeness (QED) is 0.745. The average Bonchev–Trinajstić information content (AvgIpc) is 2.28. The van der Waals surface area contributed by atoms with Gasteiger partial charge in [0.15, 0.2) is 5.78 Å². The molecule has 0 fully saturated rings. The predicted octanol–water partition coefficient (Wildman–Crippen LogP) is 1.79. The molecule has 1 aromatic heterocycles. The molecule has 0 saturated carbocycles. The van der Waals surface area contributed by atoms with Gasteiger partial charge in [-0.3, -0.25) is 9.78 Å². The van der Waals surface area contributed by atoms with Gasteiger partial charge in [0.2, 0.25) is 0 Å². The summed E-state index contributed by atoms with van der Waals surface area (Å²) in [6.45, 7) is 1.94. The van der Waals surface area contributed by atoms with Crippen molar-refractivity contribution in [2.24, 2.45) is 5.73 Å². The Morgan fingerprint density at radius 3 is 2.94 bits per heavy atom. The molecule has 0 aliphatic carbocycles. The van der Waals surface area contributed by atoms with Crippen molar-refractivity contribution in [3.8, 4) is 5.75 Å². The van der Waals surface area contributed by atoms with Crippen LogP contribution < -0.4 is 10.5 Å². The van der Waals surface area contributed by atoms with Gasteiger partial charge in [0.1, 0.15) is 5.75 Å². The fourth-order valence-electron chi connectivity index (χ4n) is 1.41. The third-order valence-electron chi connectivity index (χ3n) is 2.33. The Labute approximate surface area is 95.8 Å². The van der Waals surface area contributed by atoms with E-state index in [-0.39, 0.29) is 11.8 Å². The van der Waals surface area contributed by atoms with Crippen LogP contribution in [0.2, 0.25) is 0 Å². The minimum atomic E-state index is 0.0899. The lowest BCUT2D eigenvalue weighted by molar-refractivity contribution is 0.0978. The zero-order valence-electron chi connectivity index (χ0n) is 9.77. The molecule has 1 heterocycles. The standard InChI is InChI=1S/C12H18N2O2/c1-9(13)4-3-5-12(15)10-6-11(16-2)8-14-7-10/h6-9H,3-5,13H2,1-2H3. The first-order chi connectivity index (χ1) is 7.63. The van der Waals surface area contributed by atoms with Gasteiger partial charge in [-0.1, -0.05) is 0 Å². The molecule has 1 atom stereocenters. The second-order valence-corrected chi connectivity index (χ2v) is 3.91. The second-order valence-electron chi connectivity index (χ2n) is 3.91. The number of carbonyl (C=O) groups excluding carboxylic acids is 1. The minimum Gasteiger partial charge on any atom is -0.495 e. The summed E-state index contributed by atoms with van der Waals surface area (Å²) in [4.78, 5) is 15.7. The number of hydrogen-bond acceptors (Lipinski definition) is 4. The number of ketones is 1. The maximum absolute atomic E-state index is 11.8. The van der Waals surface area contributed by atoms with Crippen LogP contribution in [0.25, 0.3) is 0 Å². The summed E-state index contributed by atoms with van der Waals surface area (Å²) in [5.41, 5.74) is 6.22. The van der Waals surface area contributed by atoms with Crippen LogP contribution in [0.5, 0.6) is 5.75 Å². The Morgan fingerprint density at radius 1 is 1.56 bits per heavy atom. The van der Waals surface area contributed by atoms with E-state index in [4.69, 9.17) is 10.5 Å². The molecule has 0 radical (unpaired) electrons. The molecule has 1 unspecified atom stereocenters. The minimum absolute atomic E-state index is 0.0899. The van der Waals surface area contributed by atoms with Gasteiger partial charge in [-0.05, 0) is 25.8 Å². The molecule has 1 aromatic rings. The molecule has 16 heavy (non-hydrogen) atoms. The van der Waals surface area contributed by atoms with E-state index in [0.29, 0.717) is 17.7 Å². The molecule has 2 N–H and O–H groups in total. The Bertz CT molecular complexity index is 351. The molecule has 0 aliphatic heterocycles. The predicted molar refractivity (Wildman–Crippen MR) is 62.6 cm³/mol. The number of carbonyl (C=O) groups is 1. The smallest absolute Gasteiger partial charge is 0.164 e. The molecule has 1 rings (SSSR count). The summed E-state index contributed by atoms with van der Waals surface area (Å²) in [7, 11) is 1.56. The zero-order valence-corrected chi connectivity index (χ0v) is 9.77. The maximum Gasteiger partial charge on any atom is 0.164 e. The van der Waals surface area contributed by atoms with Gasteiger partial charge in [0.05, 0.1) is 13.3 Å². The van der Waals surface area contributed by atoms with E-state index in [9.17, 15) is 4.79 Å². The third kappa shape index (κ3) is 3.98. The number of hydrogen-bond donors (Lipinski definition) is 1. The first kappa shape index (κ1) is 12.6. The summed E-state index contributed by atoms with van der Waals surface area (Å²) in [5.74, 6) is 0.699. The summed E-state index contributed by atoms with van der Waals surface area (Å²) in [6, 6.07) is 1.86. The van der Waals surface area contributed by atoms with Crippen molar-refractivity contribution >= 4 is 5.78 Å². The normalized spacial score (nSPS) is 12.2. The first-order valence-electron chi connectivity index (χ1n) is 5.41. The zero-order chi connectivity index (χ0) is 12.0. The van der Waals surface area contributed by atoms with Gasteiger partial charge in [-0.2, -0.15) is 0 Å². The van der Waals surface area contributed by atoms with Gasteiger partial charge >= 0.3 is 0 Å². The van der Waals surface area contributed by atoms with Crippen molar-refractivity contribution in [2.45, 2.75) is 32.2 Å². The van der Waals surface area contributed by atoms with Gasteiger partial charge in [-0.25, -0.2) is 0 Å². The topological polar surface area (TPSA) is 65.2 Å². The highest BCUT2D eigenvalue weighted by molar-refractivity contribution is 5.96. The lowest BCUT2D eigenvalue weighted by Gasteiger charge is -2.05. The highest BCUT2D eigenvalue weighted by Gasteiger charge is 2.07. The van der Waals surface area contributed by atoms with E-state index < -0.39 is 0 Å². The molecule has 0 amide bonds. The van der Waals surface area contributed by atoms with E-state index in [1.165, 1.54) is 0 Å². The Morgan fingerprint density at radius 2 is 2.31 bits per heavy atom. The molecule has 0 aromatic carbocycles. The van der Waals surface area contributed by atoms with Crippen molar-refractivity contribution < 1.29 is 9.53 Å². The van der Waals surface area contributed by atoms with Crippen molar-refractivity contribution in [1.82, 2.24) is 4.98 Å². The third-order valence-corrected chi connectivity index (χ3v) is 2.33. The van der Waals surface area contributed by atoms with Crippen molar-refractivity contribution in [1.29, 1.82) is 0 Å². The van der Waals surface area contributed by atoms with Crippen molar-refractivity contribution in [3.05, 3.63) is 24.0 Å². The Hall–Kier alpha value is -1.42. The average molecular weight is 222 g/mol. The lowest BCUT2D eigenvalue weighted by atomic mass is 10.1. The monoisotopic (exact) mass is 222 g/mol. The van der Waals surface area contributed by atoms with Crippen LogP contribution in [0.1, 0.15) is 36.5 Å². The van der Waals surface area contributed by atoms with E-state index in [1.54, 1.807) is 25.6 Å². The molecule has 0 saturated heterocycles. The van der Waals surface area contributed by atoms with Crippen LogP contribution in [-0.2, 0) is 0 Å². The van der Waals surface area contributed by atoms with Gasteiger partial charge in [0.25, 0.3) is 0 Å². The highest BCUT2D eigenvalue weighted by Crippen LogP contribution is 2.13. The van der Waals surface area contributed by atoms with Gasteiger partial charge in [0, 0.05) is 24.2 Å². The van der Waals surface area contributed by atoms with Crippen LogP contribution in [0.3, 0.4) is 0 Å². The molecule has 4 heteroatoms. The van der Waals surface area contributed by atoms with E-state index in [1.807, 2.05) is 6.92 Å². The van der Waals surface area contributed by atoms with Crippen molar-refractivity contribution in [3.63, 3.8) is 0 Å². The van der Waals surface area contributed by atoms with Crippen LogP contribution in [0.4, 0.5) is 0 Å². The molecular weight excluding hydrogens is 204 g/mol. The first-order valence-corrected chi connectivity index (χ1v) is 5.41. The number of nitrogens with two attached hydrogens (primary N) is 1.